The first-order valence-electron chi connectivity index (χ1n) is 10.1. The van der Waals surface area contributed by atoms with Gasteiger partial charge in [-0.1, -0.05) is 24.3 Å². The van der Waals surface area contributed by atoms with E-state index < -0.39 is 6.10 Å². The fourth-order valence-electron chi connectivity index (χ4n) is 4.55. The Balaban J connectivity index is 1.59. The van der Waals surface area contributed by atoms with Crippen LogP contribution < -0.4 is 5.69 Å². The first kappa shape index (κ1) is 18.0. The van der Waals surface area contributed by atoms with Crippen LogP contribution in [0.1, 0.15) is 36.1 Å². The second kappa shape index (κ2) is 6.58. The van der Waals surface area contributed by atoms with Crippen LogP contribution in [0, 0.1) is 0 Å². The molecule has 0 radical (unpaired) electrons. The van der Waals surface area contributed by atoms with Crippen LogP contribution in [-0.4, -0.2) is 38.7 Å². The molecule has 0 amide bonds. The molecule has 1 aromatic carbocycles. The number of rotatable bonds is 2. The lowest BCUT2D eigenvalue weighted by Gasteiger charge is -2.29. The molecular weight excluding hydrogens is 394 g/mol. The number of aliphatic hydroxyl groups is 1. The van der Waals surface area contributed by atoms with Gasteiger partial charge in [0.25, 0.3) is 0 Å². The molecule has 0 fully saturated rings. The van der Waals surface area contributed by atoms with Crippen molar-refractivity contribution in [2.75, 3.05) is 0 Å². The summed E-state index contributed by atoms with van der Waals surface area (Å²) in [6, 6.07) is 9.37. The van der Waals surface area contributed by atoms with Gasteiger partial charge in [0.05, 0.1) is 35.6 Å². The molecule has 9 heteroatoms. The van der Waals surface area contributed by atoms with Crippen molar-refractivity contribution in [3.63, 3.8) is 0 Å². The Morgan fingerprint density at radius 1 is 1.03 bits per heavy atom. The van der Waals surface area contributed by atoms with Crippen LogP contribution in [0.3, 0.4) is 0 Å². The van der Waals surface area contributed by atoms with Gasteiger partial charge < -0.3 is 5.11 Å². The number of benzene rings is 1. The Bertz CT molecular complexity index is 1510. The number of aryl methyl sites for hydroxylation is 1. The van der Waals surface area contributed by atoms with E-state index in [4.69, 9.17) is 4.98 Å². The molecule has 9 nitrogen and oxygen atoms in total. The first-order chi connectivity index (χ1) is 15.1. The summed E-state index contributed by atoms with van der Waals surface area (Å²) in [6.45, 7) is 0. The summed E-state index contributed by atoms with van der Waals surface area (Å²) in [5.74, 6) is 0.423. The molecular formula is C22H19N7O2. The van der Waals surface area contributed by atoms with Crippen molar-refractivity contribution >= 4 is 22.2 Å². The summed E-state index contributed by atoms with van der Waals surface area (Å²) in [4.78, 5) is 31.1. The zero-order chi connectivity index (χ0) is 21.1. The molecule has 31 heavy (non-hydrogen) atoms. The topological polar surface area (TPSA) is 104 Å². The van der Waals surface area contributed by atoms with Crippen LogP contribution in [0.15, 0.2) is 60.0 Å². The van der Waals surface area contributed by atoms with Gasteiger partial charge in [0.15, 0.2) is 5.65 Å². The van der Waals surface area contributed by atoms with E-state index in [1.54, 1.807) is 45.7 Å². The highest BCUT2D eigenvalue weighted by Gasteiger charge is 2.30. The highest BCUT2D eigenvalue weighted by atomic mass is 16.3. The van der Waals surface area contributed by atoms with Crippen LogP contribution >= 0.6 is 0 Å². The van der Waals surface area contributed by atoms with E-state index in [0.717, 1.165) is 22.2 Å². The molecule has 0 unspecified atom stereocenters. The third-order valence-corrected chi connectivity index (χ3v) is 6.12. The van der Waals surface area contributed by atoms with Gasteiger partial charge in [-0.25, -0.2) is 14.8 Å². The van der Waals surface area contributed by atoms with Crippen molar-refractivity contribution in [2.24, 2.45) is 7.05 Å². The standard InChI is InChI=1S/C22H19N7O2/c1-27-18-11-24-21(28-12-25-15-8-9-23-10-17(15)28)26-20(18)29(22(27)31)16-6-7-19(30)14-5-3-2-4-13(14)16/h2-5,8-12,16,19,30H,6-7H2,1H3/t16-,19-/m1/s1. The molecule has 1 N–H and O–H groups in total. The summed E-state index contributed by atoms with van der Waals surface area (Å²) in [7, 11) is 1.73. The Labute approximate surface area is 176 Å². The van der Waals surface area contributed by atoms with Gasteiger partial charge in [-0.15, -0.1) is 0 Å². The number of nitrogens with zero attached hydrogens (tertiary/aromatic N) is 7. The number of hydrogen-bond acceptors (Lipinski definition) is 6. The average molecular weight is 413 g/mol. The number of imidazole rings is 2. The molecule has 154 valence electrons. The maximum Gasteiger partial charge on any atom is 0.330 e. The molecule has 0 saturated carbocycles. The molecule has 1 aliphatic carbocycles. The number of fused-ring (bicyclic) bond motifs is 3. The van der Waals surface area contributed by atoms with E-state index in [-0.39, 0.29) is 11.7 Å². The summed E-state index contributed by atoms with van der Waals surface area (Å²) in [6.07, 6.45) is 7.44. The molecule has 0 bridgehead atoms. The highest BCUT2D eigenvalue weighted by Crippen LogP contribution is 2.38. The highest BCUT2D eigenvalue weighted by molar-refractivity contribution is 5.76. The summed E-state index contributed by atoms with van der Waals surface area (Å²) >= 11 is 0. The van der Waals surface area contributed by atoms with Crippen molar-refractivity contribution < 1.29 is 5.11 Å². The van der Waals surface area contributed by atoms with E-state index in [1.807, 2.05) is 30.3 Å². The zero-order valence-corrected chi connectivity index (χ0v) is 16.8. The van der Waals surface area contributed by atoms with E-state index in [9.17, 15) is 9.90 Å². The molecule has 2 atom stereocenters. The smallest absolute Gasteiger partial charge is 0.330 e. The molecule has 1 aliphatic rings. The number of pyridine rings is 1. The number of aromatic nitrogens is 7. The second-order valence-corrected chi connectivity index (χ2v) is 7.81. The van der Waals surface area contributed by atoms with Crippen molar-refractivity contribution in [3.05, 3.63) is 76.9 Å². The molecule has 0 aliphatic heterocycles. The van der Waals surface area contributed by atoms with Gasteiger partial charge >= 0.3 is 5.69 Å². The maximum atomic E-state index is 13.3. The maximum absolute atomic E-state index is 13.3. The Kier molecular flexibility index (Phi) is 3.81. The number of hydrogen-bond donors (Lipinski definition) is 1. The lowest BCUT2D eigenvalue weighted by atomic mass is 9.85. The van der Waals surface area contributed by atoms with Crippen molar-refractivity contribution in [2.45, 2.75) is 25.0 Å². The van der Waals surface area contributed by atoms with Crippen LogP contribution in [0.2, 0.25) is 0 Å². The fraction of sp³-hybridized carbons (Fsp3) is 0.227. The minimum atomic E-state index is -0.520. The quantitative estimate of drug-likeness (QED) is 0.476. The van der Waals surface area contributed by atoms with Crippen molar-refractivity contribution in [1.29, 1.82) is 0 Å². The molecule has 0 saturated heterocycles. The molecule has 4 aromatic heterocycles. The van der Waals surface area contributed by atoms with Gasteiger partial charge in [-0.3, -0.25) is 18.7 Å². The second-order valence-electron chi connectivity index (χ2n) is 7.81. The van der Waals surface area contributed by atoms with E-state index in [0.29, 0.717) is 30.0 Å². The zero-order valence-electron chi connectivity index (χ0n) is 16.8. The fourth-order valence-corrected chi connectivity index (χ4v) is 4.55. The van der Waals surface area contributed by atoms with E-state index in [1.165, 1.54) is 0 Å². The van der Waals surface area contributed by atoms with Gasteiger partial charge in [-0.2, -0.15) is 4.98 Å². The molecule has 4 heterocycles. The van der Waals surface area contributed by atoms with Gasteiger partial charge in [0.1, 0.15) is 11.8 Å². The van der Waals surface area contributed by atoms with Gasteiger partial charge in [0, 0.05) is 13.2 Å². The Morgan fingerprint density at radius 3 is 2.74 bits per heavy atom. The van der Waals surface area contributed by atoms with Crippen molar-refractivity contribution in [3.8, 4) is 5.95 Å². The van der Waals surface area contributed by atoms with Crippen molar-refractivity contribution in [1.82, 2.24) is 33.6 Å². The third kappa shape index (κ3) is 2.56. The van der Waals surface area contributed by atoms with Gasteiger partial charge in [-0.05, 0) is 30.0 Å². The first-order valence-corrected chi connectivity index (χ1v) is 10.1. The molecule has 0 spiro atoms. The van der Waals surface area contributed by atoms with Crippen LogP contribution in [0.5, 0.6) is 0 Å². The lowest BCUT2D eigenvalue weighted by Crippen LogP contribution is -2.30. The summed E-state index contributed by atoms with van der Waals surface area (Å²) in [5, 5.41) is 10.4. The third-order valence-electron chi connectivity index (χ3n) is 6.12. The summed E-state index contributed by atoms with van der Waals surface area (Å²) < 4.78 is 5.06. The minimum Gasteiger partial charge on any atom is -0.388 e. The van der Waals surface area contributed by atoms with Crippen LogP contribution in [0.25, 0.3) is 28.1 Å². The largest absolute Gasteiger partial charge is 0.388 e. The minimum absolute atomic E-state index is 0.158. The lowest BCUT2D eigenvalue weighted by molar-refractivity contribution is 0.147. The SMILES string of the molecule is Cn1c(=O)n([C@@H]2CC[C@@H](O)c3ccccc32)c2nc(-n3cnc4ccncc43)ncc21. The normalized spacial score (nSPS) is 18.5. The predicted molar refractivity (Wildman–Crippen MR) is 114 cm³/mol. The van der Waals surface area contributed by atoms with E-state index >= 15 is 0 Å². The monoisotopic (exact) mass is 413 g/mol. The molecule has 5 aromatic rings. The number of aliphatic hydroxyl groups excluding tert-OH is 1. The van der Waals surface area contributed by atoms with Gasteiger partial charge in [0.2, 0.25) is 5.95 Å². The Morgan fingerprint density at radius 2 is 1.87 bits per heavy atom. The summed E-state index contributed by atoms with van der Waals surface area (Å²) in [5.41, 5.74) is 4.45. The average Bonchev–Trinajstić information content (AvgIpc) is 3.34. The molecule has 6 rings (SSSR count). The predicted octanol–water partition coefficient (Wildman–Crippen LogP) is 2.28. The van der Waals surface area contributed by atoms with Crippen LogP contribution in [-0.2, 0) is 7.05 Å². The van der Waals surface area contributed by atoms with E-state index in [2.05, 4.69) is 15.0 Å². The Hall–Kier alpha value is -3.85. The van der Waals surface area contributed by atoms with Crippen LogP contribution in [0.4, 0.5) is 0 Å².